The van der Waals surface area contributed by atoms with Crippen LogP contribution in [0.4, 0.5) is 0 Å². The topological polar surface area (TPSA) is 15.3 Å². The van der Waals surface area contributed by atoms with Crippen LogP contribution in [-0.2, 0) is 0 Å². The van der Waals surface area contributed by atoms with E-state index in [0.717, 1.165) is 17.9 Å². The van der Waals surface area contributed by atoms with Crippen molar-refractivity contribution in [2.24, 2.45) is 11.8 Å². The fourth-order valence-electron chi connectivity index (χ4n) is 2.73. The second kappa shape index (κ2) is 7.38. The molecule has 1 fully saturated rings. The molecule has 0 spiro atoms. The highest BCUT2D eigenvalue weighted by atomic mass is 15.2. The second-order valence-corrected chi connectivity index (χ2v) is 6.26. The van der Waals surface area contributed by atoms with Gasteiger partial charge in [-0.25, -0.2) is 0 Å². The first-order valence-corrected chi connectivity index (χ1v) is 7.54. The van der Waals surface area contributed by atoms with E-state index in [-0.39, 0.29) is 0 Å². The van der Waals surface area contributed by atoms with Crippen molar-refractivity contribution in [3.8, 4) is 0 Å². The highest BCUT2D eigenvalue weighted by Gasteiger charge is 2.27. The van der Waals surface area contributed by atoms with Crippen molar-refractivity contribution in [3.63, 3.8) is 0 Å². The number of nitrogens with one attached hydrogen (secondary N) is 1. The molecule has 0 aromatic heterocycles. The summed E-state index contributed by atoms with van der Waals surface area (Å²) in [6.45, 7) is 15.4. The lowest BCUT2D eigenvalue weighted by atomic mass is 9.96. The minimum absolute atomic E-state index is 0.711. The fraction of sp³-hybridized carbons (Fsp3) is 1.00. The molecule has 1 rings (SSSR count). The van der Waals surface area contributed by atoms with Crippen LogP contribution in [0.3, 0.4) is 0 Å². The van der Waals surface area contributed by atoms with Crippen molar-refractivity contribution >= 4 is 0 Å². The Bertz CT molecular complexity index is 201. The highest BCUT2D eigenvalue weighted by Crippen LogP contribution is 2.18. The van der Waals surface area contributed by atoms with Gasteiger partial charge in [-0.2, -0.15) is 0 Å². The molecule has 0 saturated carbocycles. The Hall–Kier alpha value is -0.0800. The van der Waals surface area contributed by atoms with Crippen molar-refractivity contribution < 1.29 is 0 Å². The van der Waals surface area contributed by atoms with E-state index >= 15 is 0 Å². The van der Waals surface area contributed by atoms with Crippen LogP contribution >= 0.6 is 0 Å². The van der Waals surface area contributed by atoms with Gasteiger partial charge in [-0.1, -0.05) is 41.0 Å². The van der Waals surface area contributed by atoms with Gasteiger partial charge in [-0.05, 0) is 24.7 Å². The average Bonchev–Trinajstić information content (AvgIpc) is 2.30. The summed E-state index contributed by atoms with van der Waals surface area (Å²) in [7, 11) is 0. The summed E-state index contributed by atoms with van der Waals surface area (Å²) >= 11 is 0. The van der Waals surface area contributed by atoms with Gasteiger partial charge in [0.1, 0.15) is 0 Å². The molecule has 1 aliphatic heterocycles. The van der Waals surface area contributed by atoms with Crippen LogP contribution in [0.5, 0.6) is 0 Å². The Labute approximate surface area is 108 Å². The maximum atomic E-state index is 3.70. The summed E-state index contributed by atoms with van der Waals surface area (Å²) in [6.07, 6.45) is 3.89. The van der Waals surface area contributed by atoms with Gasteiger partial charge in [-0.3, -0.25) is 4.90 Å². The average molecular weight is 240 g/mol. The van der Waals surface area contributed by atoms with Crippen molar-refractivity contribution in [1.29, 1.82) is 0 Å². The molecule has 3 atom stereocenters. The monoisotopic (exact) mass is 240 g/mol. The molecule has 3 unspecified atom stereocenters. The van der Waals surface area contributed by atoms with Crippen molar-refractivity contribution in [2.75, 3.05) is 19.6 Å². The summed E-state index contributed by atoms with van der Waals surface area (Å²) < 4.78 is 0. The molecule has 17 heavy (non-hydrogen) atoms. The van der Waals surface area contributed by atoms with E-state index < -0.39 is 0 Å². The highest BCUT2D eigenvalue weighted by molar-refractivity contribution is 4.86. The van der Waals surface area contributed by atoms with E-state index in [9.17, 15) is 0 Å². The maximum absolute atomic E-state index is 3.70. The van der Waals surface area contributed by atoms with Crippen LogP contribution in [0.15, 0.2) is 0 Å². The molecular weight excluding hydrogens is 208 g/mol. The minimum Gasteiger partial charge on any atom is -0.311 e. The summed E-state index contributed by atoms with van der Waals surface area (Å²) in [6, 6.07) is 1.47. The van der Waals surface area contributed by atoms with Crippen LogP contribution in [0.2, 0.25) is 0 Å². The first-order chi connectivity index (χ1) is 8.06. The predicted octanol–water partition coefficient (Wildman–Crippen LogP) is 3.13. The molecule has 0 radical (unpaired) electrons. The predicted molar refractivity (Wildman–Crippen MR) is 76.4 cm³/mol. The van der Waals surface area contributed by atoms with Gasteiger partial charge >= 0.3 is 0 Å². The Morgan fingerprint density at radius 2 is 1.94 bits per heavy atom. The van der Waals surface area contributed by atoms with Gasteiger partial charge in [0.25, 0.3) is 0 Å². The molecule has 0 aliphatic carbocycles. The lowest BCUT2D eigenvalue weighted by Gasteiger charge is -2.42. The quantitative estimate of drug-likeness (QED) is 0.767. The van der Waals surface area contributed by atoms with Gasteiger partial charge < -0.3 is 5.32 Å². The third kappa shape index (κ3) is 4.97. The van der Waals surface area contributed by atoms with Gasteiger partial charge in [0.15, 0.2) is 0 Å². The van der Waals surface area contributed by atoms with Crippen LogP contribution < -0.4 is 5.32 Å². The summed E-state index contributed by atoms with van der Waals surface area (Å²) in [5.41, 5.74) is 0. The zero-order valence-electron chi connectivity index (χ0n) is 12.5. The number of hydrogen-bond donors (Lipinski definition) is 1. The molecule has 0 aromatic rings. The largest absolute Gasteiger partial charge is 0.311 e. The molecule has 2 heteroatoms. The van der Waals surface area contributed by atoms with Crippen LogP contribution in [-0.4, -0.2) is 36.6 Å². The molecule has 102 valence electrons. The fourth-order valence-corrected chi connectivity index (χ4v) is 2.73. The molecule has 0 amide bonds. The molecule has 1 aliphatic rings. The Kier molecular flexibility index (Phi) is 6.50. The number of hydrogen-bond acceptors (Lipinski definition) is 2. The minimum atomic E-state index is 0.711. The molecule has 0 aromatic carbocycles. The third-order valence-corrected chi connectivity index (χ3v) is 4.09. The third-order valence-electron chi connectivity index (χ3n) is 4.09. The van der Waals surface area contributed by atoms with Gasteiger partial charge in [0.05, 0.1) is 0 Å². The van der Waals surface area contributed by atoms with E-state index in [1.54, 1.807) is 0 Å². The second-order valence-electron chi connectivity index (χ2n) is 6.26. The summed E-state index contributed by atoms with van der Waals surface area (Å²) in [5, 5.41) is 3.70. The molecule has 0 bridgehead atoms. The number of nitrogens with zero attached hydrogens (tertiary/aromatic N) is 1. The Morgan fingerprint density at radius 1 is 1.24 bits per heavy atom. The van der Waals surface area contributed by atoms with Gasteiger partial charge in [-0.15, -0.1) is 0 Å². The number of rotatable bonds is 6. The number of piperazine rings is 1. The lowest BCUT2D eigenvalue weighted by Crippen LogP contribution is -2.57. The first kappa shape index (κ1) is 15.0. The van der Waals surface area contributed by atoms with Crippen molar-refractivity contribution in [3.05, 3.63) is 0 Å². The van der Waals surface area contributed by atoms with E-state index in [2.05, 4.69) is 44.8 Å². The van der Waals surface area contributed by atoms with Crippen LogP contribution in [0.1, 0.15) is 53.9 Å². The van der Waals surface area contributed by atoms with Gasteiger partial charge in [0, 0.05) is 31.7 Å². The first-order valence-electron chi connectivity index (χ1n) is 7.54. The molecule has 1 N–H and O–H groups in total. The Balaban J connectivity index is 2.54. The van der Waals surface area contributed by atoms with Crippen LogP contribution in [0.25, 0.3) is 0 Å². The van der Waals surface area contributed by atoms with E-state index in [4.69, 9.17) is 0 Å². The molecular formula is C15H32N2. The van der Waals surface area contributed by atoms with E-state index in [1.807, 2.05) is 0 Å². The molecule has 2 nitrogen and oxygen atoms in total. The van der Waals surface area contributed by atoms with E-state index in [0.29, 0.717) is 6.04 Å². The lowest BCUT2D eigenvalue weighted by molar-refractivity contribution is 0.0964. The zero-order valence-corrected chi connectivity index (χ0v) is 12.5. The molecule has 1 saturated heterocycles. The molecule has 1 heterocycles. The normalized spacial score (nSPS) is 28.6. The standard InChI is InChI=1S/C15H32N2/c1-6-13(5)10-17-11-14(7-2)16-9-15(17)8-12(3)4/h12-16H,6-11H2,1-5H3. The van der Waals surface area contributed by atoms with Crippen molar-refractivity contribution in [1.82, 2.24) is 10.2 Å². The van der Waals surface area contributed by atoms with Crippen molar-refractivity contribution in [2.45, 2.75) is 66.0 Å². The zero-order chi connectivity index (χ0) is 12.8. The van der Waals surface area contributed by atoms with Gasteiger partial charge in [0.2, 0.25) is 0 Å². The van der Waals surface area contributed by atoms with Crippen LogP contribution in [0, 0.1) is 11.8 Å². The Morgan fingerprint density at radius 3 is 2.47 bits per heavy atom. The maximum Gasteiger partial charge on any atom is 0.0223 e. The SMILES string of the molecule is CCC(C)CN1CC(CC)NCC1CC(C)C. The summed E-state index contributed by atoms with van der Waals surface area (Å²) in [4.78, 5) is 2.75. The summed E-state index contributed by atoms with van der Waals surface area (Å²) in [5.74, 6) is 1.64. The van der Waals surface area contributed by atoms with E-state index in [1.165, 1.54) is 38.9 Å². The smallest absolute Gasteiger partial charge is 0.0223 e.